The van der Waals surface area contributed by atoms with Crippen LogP contribution in [-0.4, -0.2) is 29.1 Å². The Morgan fingerprint density at radius 2 is 1.84 bits per heavy atom. The molecular formula is C28H24FN3O5S. The van der Waals surface area contributed by atoms with Gasteiger partial charge in [0.05, 0.1) is 28.6 Å². The second kappa shape index (κ2) is 9.19. The van der Waals surface area contributed by atoms with Crippen LogP contribution in [0.25, 0.3) is 44.0 Å². The van der Waals surface area contributed by atoms with Crippen LogP contribution in [0, 0.1) is 12.3 Å². The van der Waals surface area contributed by atoms with Crippen LogP contribution in [0.3, 0.4) is 0 Å². The number of benzene rings is 2. The van der Waals surface area contributed by atoms with Crippen LogP contribution in [0.5, 0.6) is 11.5 Å². The second-order valence-electron chi connectivity index (χ2n) is 9.46. The highest BCUT2D eigenvalue weighted by Crippen LogP contribution is 2.38. The number of H-pyrrole nitrogens is 1. The third-order valence-corrected chi connectivity index (χ3v) is 6.51. The number of nitrogens with one attached hydrogen (secondary N) is 1. The average Bonchev–Trinajstić information content (AvgIpc) is 3.21. The predicted octanol–water partition coefficient (Wildman–Crippen LogP) is 5.64. The fraction of sp³-hybridized carbons (Fsp3) is 0.214. The molecule has 3 heterocycles. The first-order valence-electron chi connectivity index (χ1n) is 11.9. The van der Waals surface area contributed by atoms with Crippen LogP contribution in [0.2, 0.25) is 0 Å². The molecule has 3 aromatic heterocycles. The summed E-state index contributed by atoms with van der Waals surface area (Å²) in [5, 5.41) is 1.75. The third-order valence-electron chi connectivity index (χ3n) is 6.11. The van der Waals surface area contributed by atoms with Gasteiger partial charge in [0.2, 0.25) is 0 Å². The molecule has 1 N–H and O–H groups in total. The van der Waals surface area contributed by atoms with E-state index in [1.807, 2.05) is 44.4 Å². The van der Waals surface area contributed by atoms with Gasteiger partial charge in [0.1, 0.15) is 11.4 Å². The maximum Gasteiger partial charge on any atom is 0.488 e. The summed E-state index contributed by atoms with van der Waals surface area (Å²) in [4.78, 5) is 21.3. The van der Waals surface area contributed by atoms with Crippen LogP contribution in [-0.2, 0) is 10.5 Å². The number of hydrogen-bond donors (Lipinski definition) is 1. The molecule has 194 valence electrons. The minimum atomic E-state index is -5.24. The molecule has 2 aromatic carbocycles. The summed E-state index contributed by atoms with van der Waals surface area (Å²) in [6, 6.07) is 10.2. The van der Waals surface area contributed by atoms with Crippen LogP contribution in [0.15, 0.2) is 53.6 Å². The number of fused-ring (bicyclic) bond motifs is 4. The zero-order valence-electron chi connectivity index (χ0n) is 21.1. The van der Waals surface area contributed by atoms with E-state index in [4.69, 9.17) is 11.2 Å². The quantitative estimate of drug-likeness (QED) is 0.224. The van der Waals surface area contributed by atoms with E-state index in [1.54, 1.807) is 18.2 Å². The highest BCUT2D eigenvalue weighted by atomic mass is 32.3. The molecule has 0 saturated carbocycles. The van der Waals surface area contributed by atoms with Gasteiger partial charge in [-0.1, -0.05) is 15.9 Å². The first kappa shape index (κ1) is 25.3. The molecule has 0 saturated heterocycles. The van der Waals surface area contributed by atoms with E-state index >= 15 is 0 Å². The normalized spacial score (nSPS) is 12.1. The average molecular weight is 534 g/mol. The van der Waals surface area contributed by atoms with E-state index in [0.29, 0.717) is 44.4 Å². The summed E-state index contributed by atoms with van der Waals surface area (Å²) in [7, 11) is -5.24. The Morgan fingerprint density at radius 3 is 2.50 bits per heavy atom. The molecule has 0 aliphatic rings. The number of aromatic amines is 1. The molecular weight excluding hydrogens is 509 g/mol. The summed E-state index contributed by atoms with van der Waals surface area (Å²) in [6.07, 6.45) is 7.91. The van der Waals surface area contributed by atoms with Gasteiger partial charge in [-0.25, -0.2) is 0 Å². The largest absolute Gasteiger partial charge is 0.490 e. The Morgan fingerprint density at radius 1 is 1.08 bits per heavy atom. The monoisotopic (exact) mass is 533 g/mol. The highest BCUT2D eigenvalue weighted by Gasteiger charge is 2.21. The van der Waals surface area contributed by atoms with Gasteiger partial charge in [0.25, 0.3) is 0 Å². The molecule has 0 spiro atoms. The van der Waals surface area contributed by atoms with Crippen molar-refractivity contribution in [1.82, 2.24) is 14.5 Å². The molecule has 0 bridgehead atoms. The number of hydrogen-bond acceptors (Lipinski definition) is 6. The lowest BCUT2D eigenvalue weighted by molar-refractivity contribution is 0.244. The number of ether oxygens (including phenoxy) is 1. The Kier molecular flexibility index (Phi) is 6.12. The van der Waals surface area contributed by atoms with Crippen molar-refractivity contribution in [3.05, 3.63) is 64.6 Å². The Hall–Kier alpha value is -4.36. The number of rotatable bonds is 6. The molecule has 0 radical (unpaired) electrons. The van der Waals surface area contributed by atoms with Crippen molar-refractivity contribution >= 4 is 43.3 Å². The zero-order chi connectivity index (χ0) is 27.4. The molecule has 0 amide bonds. The van der Waals surface area contributed by atoms with Crippen molar-refractivity contribution in [3.8, 4) is 35.0 Å². The molecule has 10 heteroatoms. The zero-order valence-corrected chi connectivity index (χ0v) is 21.9. The Balaban J connectivity index is 1.88. The number of aromatic nitrogens is 3. The van der Waals surface area contributed by atoms with Gasteiger partial charge >= 0.3 is 10.5 Å². The number of halogens is 1. The number of nitrogens with zero attached hydrogens (tertiary/aromatic N) is 2. The first-order chi connectivity index (χ1) is 18.0. The highest BCUT2D eigenvalue weighted by molar-refractivity contribution is 7.81. The van der Waals surface area contributed by atoms with E-state index in [9.17, 15) is 17.1 Å². The predicted molar refractivity (Wildman–Crippen MR) is 146 cm³/mol. The van der Waals surface area contributed by atoms with Gasteiger partial charge in [-0.05, 0) is 58.0 Å². The SMILES string of the molecule is C#Cc1ccc2c(c1)[nH]c1c2c(=O)c2cc(OC(C)C)c(-c3cncc(OS(=O)(=O)F)c3)cc2n1C(C)C. The summed E-state index contributed by atoms with van der Waals surface area (Å²) in [6.45, 7) is 7.70. The Bertz CT molecular complexity index is 1950. The van der Waals surface area contributed by atoms with Gasteiger partial charge in [0, 0.05) is 39.8 Å². The van der Waals surface area contributed by atoms with Gasteiger partial charge < -0.3 is 18.5 Å². The molecule has 0 aliphatic carbocycles. The molecule has 8 nitrogen and oxygen atoms in total. The smallest absolute Gasteiger partial charge is 0.488 e. The van der Waals surface area contributed by atoms with E-state index in [1.165, 1.54) is 12.3 Å². The van der Waals surface area contributed by atoms with Crippen molar-refractivity contribution in [2.75, 3.05) is 0 Å². The second-order valence-corrected chi connectivity index (χ2v) is 10.4. The van der Waals surface area contributed by atoms with E-state index in [0.717, 1.165) is 17.1 Å². The molecule has 0 aliphatic heterocycles. The summed E-state index contributed by atoms with van der Waals surface area (Å²) in [5.41, 5.74) is 3.47. The topological polar surface area (TPSA) is 103 Å². The molecule has 0 unspecified atom stereocenters. The lowest BCUT2D eigenvalue weighted by atomic mass is 10.0. The van der Waals surface area contributed by atoms with Crippen LogP contribution < -0.4 is 14.3 Å². The van der Waals surface area contributed by atoms with Crippen LogP contribution in [0.4, 0.5) is 3.89 Å². The minimum absolute atomic E-state index is 0.0602. The molecule has 0 fully saturated rings. The molecule has 5 aromatic rings. The van der Waals surface area contributed by atoms with E-state index < -0.39 is 10.5 Å². The fourth-order valence-corrected chi connectivity index (χ4v) is 5.05. The number of terminal acetylenes is 1. The minimum Gasteiger partial charge on any atom is -0.490 e. The summed E-state index contributed by atoms with van der Waals surface area (Å²) in [5.74, 6) is 2.71. The Labute approximate surface area is 218 Å². The summed E-state index contributed by atoms with van der Waals surface area (Å²) < 4.78 is 47.7. The van der Waals surface area contributed by atoms with Gasteiger partial charge in [0.15, 0.2) is 11.2 Å². The van der Waals surface area contributed by atoms with Crippen molar-refractivity contribution in [1.29, 1.82) is 0 Å². The lowest BCUT2D eigenvalue weighted by Gasteiger charge is -2.20. The van der Waals surface area contributed by atoms with Gasteiger partial charge in [-0.3, -0.25) is 9.78 Å². The van der Waals surface area contributed by atoms with Crippen molar-refractivity contribution in [2.24, 2.45) is 0 Å². The summed E-state index contributed by atoms with van der Waals surface area (Å²) >= 11 is 0. The van der Waals surface area contributed by atoms with Crippen molar-refractivity contribution in [3.63, 3.8) is 0 Å². The van der Waals surface area contributed by atoms with E-state index in [-0.39, 0.29) is 23.3 Å². The third kappa shape index (κ3) is 4.46. The standard InChI is InChI=1S/C28H24FN3O5S/c1-6-17-7-8-20-23(9-17)31-28-26(20)27(33)22-12-25(36-16(4)5)21(11-24(22)32(28)15(2)3)18-10-19(14-30-13-18)37-38(29,34)35/h1,7-16,31H,2-5H3. The van der Waals surface area contributed by atoms with Crippen molar-refractivity contribution < 1.29 is 21.2 Å². The molecule has 0 atom stereocenters. The van der Waals surface area contributed by atoms with Crippen LogP contribution >= 0.6 is 0 Å². The number of pyridine rings is 2. The van der Waals surface area contributed by atoms with E-state index in [2.05, 4.69) is 20.1 Å². The van der Waals surface area contributed by atoms with Crippen LogP contribution in [0.1, 0.15) is 39.3 Å². The van der Waals surface area contributed by atoms with Gasteiger partial charge in [-0.2, -0.15) is 8.42 Å². The molecule has 38 heavy (non-hydrogen) atoms. The van der Waals surface area contributed by atoms with Crippen molar-refractivity contribution in [2.45, 2.75) is 39.8 Å². The van der Waals surface area contributed by atoms with Gasteiger partial charge in [-0.15, -0.1) is 6.42 Å². The molecule has 5 rings (SSSR count). The lowest BCUT2D eigenvalue weighted by Crippen LogP contribution is -2.14. The maximum absolute atomic E-state index is 13.9. The first-order valence-corrected chi connectivity index (χ1v) is 13.2. The fourth-order valence-electron chi connectivity index (χ4n) is 4.73. The maximum atomic E-state index is 13.9.